The lowest BCUT2D eigenvalue weighted by atomic mass is 9.99. The molecule has 0 unspecified atom stereocenters. The minimum atomic E-state index is -0.833. The van der Waals surface area contributed by atoms with Crippen LogP contribution in [0.2, 0.25) is 0 Å². The molecule has 1 heterocycles. The number of anilines is 1. The molecule has 1 aromatic rings. The van der Waals surface area contributed by atoms with Gasteiger partial charge in [-0.25, -0.2) is 4.79 Å². The molecule has 0 saturated carbocycles. The fourth-order valence-corrected chi connectivity index (χ4v) is 3.02. The fourth-order valence-electron chi connectivity index (χ4n) is 3.02. The fraction of sp³-hybridized carbons (Fsp3) is 0.500. The molecule has 1 fully saturated rings. The number of carboxylic acid groups (broad SMARTS) is 1. The number of rotatable bonds is 2. The first kappa shape index (κ1) is 15.4. The summed E-state index contributed by atoms with van der Waals surface area (Å²) in [7, 11) is 0. The van der Waals surface area contributed by atoms with Crippen LogP contribution in [0.25, 0.3) is 0 Å². The van der Waals surface area contributed by atoms with Gasteiger partial charge in [-0.3, -0.25) is 4.79 Å². The predicted octanol–water partition coefficient (Wildman–Crippen LogP) is 2.80. The van der Waals surface area contributed by atoms with Gasteiger partial charge in [-0.2, -0.15) is 0 Å². The number of amides is 2. The zero-order chi connectivity index (χ0) is 15.7. The summed E-state index contributed by atoms with van der Waals surface area (Å²) in [6.45, 7) is 8.56. The Morgan fingerprint density at radius 1 is 1.19 bits per heavy atom. The summed E-state index contributed by atoms with van der Waals surface area (Å²) < 4.78 is 0. The molecule has 2 amide bonds. The second kappa shape index (κ2) is 5.76. The SMILES string of the molecule is Cc1cc(C)c(NC(=O)N2C[C@@H](C)[C@H](C(=O)O)C2)c(C)c1. The van der Waals surface area contributed by atoms with Crippen LogP contribution in [0.1, 0.15) is 23.6 Å². The van der Waals surface area contributed by atoms with Crippen LogP contribution in [0, 0.1) is 32.6 Å². The van der Waals surface area contributed by atoms with E-state index in [9.17, 15) is 9.59 Å². The first-order valence-electron chi connectivity index (χ1n) is 7.16. The Hall–Kier alpha value is -2.04. The van der Waals surface area contributed by atoms with E-state index in [-0.39, 0.29) is 18.5 Å². The van der Waals surface area contributed by atoms with E-state index in [0.717, 1.165) is 22.4 Å². The summed E-state index contributed by atoms with van der Waals surface area (Å²) in [6.07, 6.45) is 0. The third-order valence-corrected chi connectivity index (χ3v) is 4.13. The molecule has 5 nitrogen and oxygen atoms in total. The third-order valence-electron chi connectivity index (χ3n) is 4.13. The average Bonchev–Trinajstić information content (AvgIpc) is 2.75. The van der Waals surface area contributed by atoms with Crippen molar-refractivity contribution in [2.45, 2.75) is 27.7 Å². The first-order chi connectivity index (χ1) is 9.79. The zero-order valence-electron chi connectivity index (χ0n) is 12.9. The number of carbonyl (C=O) groups excluding carboxylic acids is 1. The van der Waals surface area contributed by atoms with Gasteiger partial charge in [-0.1, -0.05) is 24.6 Å². The zero-order valence-corrected chi connectivity index (χ0v) is 12.9. The largest absolute Gasteiger partial charge is 0.481 e. The molecule has 0 aromatic heterocycles. The van der Waals surface area contributed by atoms with Crippen LogP contribution in [0.4, 0.5) is 10.5 Å². The van der Waals surface area contributed by atoms with Crippen molar-refractivity contribution >= 4 is 17.7 Å². The summed E-state index contributed by atoms with van der Waals surface area (Å²) in [5, 5.41) is 12.1. The summed E-state index contributed by atoms with van der Waals surface area (Å²) in [5.41, 5.74) is 4.01. The lowest BCUT2D eigenvalue weighted by Gasteiger charge is -2.19. The van der Waals surface area contributed by atoms with Crippen molar-refractivity contribution in [3.63, 3.8) is 0 Å². The van der Waals surface area contributed by atoms with Gasteiger partial charge in [0.1, 0.15) is 0 Å². The van der Waals surface area contributed by atoms with Gasteiger partial charge in [-0.15, -0.1) is 0 Å². The Morgan fingerprint density at radius 3 is 2.24 bits per heavy atom. The van der Waals surface area contributed by atoms with Gasteiger partial charge in [0.05, 0.1) is 5.92 Å². The number of nitrogens with one attached hydrogen (secondary N) is 1. The number of hydrogen-bond acceptors (Lipinski definition) is 2. The van der Waals surface area contributed by atoms with Gasteiger partial charge in [0.2, 0.25) is 0 Å². The van der Waals surface area contributed by atoms with Gasteiger partial charge < -0.3 is 15.3 Å². The molecular weight excluding hydrogens is 268 g/mol. The minimum absolute atomic E-state index is 0.0199. The number of nitrogens with zero attached hydrogens (tertiary/aromatic N) is 1. The smallest absolute Gasteiger partial charge is 0.321 e. The highest BCUT2D eigenvalue weighted by atomic mass is 16.4. The molecule has 0 radical (unpaired) electrons. The molecule has 1 aliphatic heterocycles. The molecule has 114 valence electrons. The highest BCUT2D eigenvalue weighted by Crippen LogP contribution is 2.26. The molecule has 5 heteroatoms. The van der Waals surface area contributed by atoms with Crippen molar-refractivity contribution in [2.24, 2.45) is 11.8 Å². The maximum atomic E-state index is 12.3. The first-order valence-corrected chi connectivity index (χ1v) is 7.16. The molecular formula is C16H22N2O3. The number of likely N-dealkylation sites (tertiary alicyclic amines) is 1. The number of aryl methyl sites for hydroxylation is 3. The highest BCUT2D eigenvalue weighted by Gasteiger charge is 2.37. The number of benzene rings is 1. The molecule has 0 aliphatic carbocycles. The van der Waals surface area contributed by atoms with Gasteiger partial charge in [0.15, 0.2) is 0 Å². The summed E-state index contributed by atoms with van der Waals surface area (Å²) in [6, 6.07) is 3.82. The van der Waals surface area contributed by atoms with E-state index in [4.69, 9.17) is 5.11 Å². The van der Waals surface area contributed by atoms with Crippen LogP contribution in [0.5, 0.6) is 0 Å². The van der Waals surface area contributed by atoms with E-state index in [1.165, 1.54) is 0 Å². The Balaban J connectivity index is 2.11. The molecule has 0 bridgehead atoms. The molecule has 1 aliphatic rings. The van der Waals surface area contributed by atoms with Crippen molar-refractivity contribution in [1.29, 1.82) is 0 Å². The standard InChI is InChI=1S/C16H22N2O3/c1-9-5-10(2)14(11(3)6-9)17-16(21)18-7-12(4)13(8-18)15(19)20/h5-6,12-13H,7-8H2,1-4H3,(H,17,21)(H,19,20)/t12-,13-/m1/s1. The van der Waals surface area contributed by atoms with Crippen LogP contribution in [0.15, 0.2) is 12.1 Å². The van der Waals surface area contributed by atoms with Gasteiger partial charge in [-0.05, 0) is 37.8 Å². The normalized spacial score (nSPS) is 21.4. The molecule has 0 spiro atoms. The van der Waals surface area contributed by atoms with Crippen LogP contribution in [0.3, 0.4) is 0 Å². The van der Waals surface area contributed by atoms with E-state index in [2.05, 4.69) is 5.32 Å². The maximum Gasteiger partial charge on any atom is 0.321 e. The van der Waals surface area contributed by atoms with Crippen molar-refractivity contribution in [3.8, 4) is 0 Å². The van der Waals surface area contributed by atoms with Crippen molar-refractivity contribution in [3.05, 3.63) is 28.8 Å². The second-order valence-corrected chi connectivity index (χ2v) is 6.03. The molecule has 2 atom stereocenters. The second-order valence-electron chi connectivity index (χ2n) is 6.03. The monoisotopic (exact) mass is 290 g/mol. The highest BCUT2D eigenvalue weighted by molar-refractivity contribution is 5.91. The number of carbonyl (C=O) groups is 2. The Labute approximate surface area is 125 Å². The van der Waals surface area contributed by atoms with Gasteiger partial charge >= 0.3 is 12.0 Å². The third kappa shape index (κ3) is 3.17. The number of urea groups is 1. The molecule has 21 heavy (non-hydrogen) atoms. The summed E-state index contributed by atoms with van der Waals surface area (Å²) in [5.74, 6) is -1.33. The minimum Gasteiger partial charge on any atom is -0.481 e. The Bertz CT molecular complexity index is 560. The topological polar surface area (TPSA) is 69.6 Å². The Kier molecular flexibility index (Phi) is 4.21. The van der Waals surface area contributed by atoms with Crippen molar-refractivity contribution in [1.82, 2.24) is 4.90 Å². The van der Waals surface area contributed by atoms with Crippen LogP contribution >= 0.6 is 0 Å². The average molecular weight is 290 g/mol. The van der Waals surface area contributed by atoms with Gasteiger partial charge in [0, 0.05) is 18.8 Å². The number of aliphatic carboxylic acids is 1. The van der Waals surface area contributed by atoms with Crippen LogP contribution in [-0.4, -0.2) is 35.1 Å². The molecule has 2 N–H and O–H groups in total. The van der Waals surface area contributed by atoms with Gasteiger partial charge in [0.25, 0.3) is 0 Å². The summed E-state index contributed by atoms with van der Waals surface area (Å²) >= 11 is 0. The van der Waals surface area contributed by atoms with E-state index in [1.807, 2.05) is 39.8 Å². The Morgan fingerprint density at radius 2 is 1.76 bits per heavy atom. The van der Waals surface area contributed by atoms with E-state index in [1.54, 1.807) is 4.90 Å². The summed E-state index contributed by atoms with van der Waals surface area (Å²) in [4.78, 5) is 25.1. The van der Waals surface area contributed by atoms with E-state index in [0.29, 0.717) is 6.54 Å². The quantitative estimate of drug-likeness (QED) is 0.880. The lowest BCUT2D eigenvalue weighted by Crippen LogP contribution is -2.34. The van der Waals surface area contributed by atoms with E-state index >= 15 is 0 Å². The predicted molar refractivity (Wildman–Crippen MR) is 81.5 cm³/mol. The lowest BCUT2D eigenvalue weighted by molar-refractivity contribution is -0.142. The molecule has 1 aromatic carbocycles. The van der Waals surface area contributed by atoms with Crippen molar-refractivity contribution < 1.29 is 14.7 Å². The maximum absolute atomic E-state index is 12.3. The van der Waals surface area contributed by atoms with Crippen molar-refractivity contribution in [2.75, 3.05) is 18.4 Å². The number of hydrogen-bond donors (Lipinski definition) is 2. The molecule has 1 saturated heterocycles. The molecule has 2 rings (SSSR count). The van der Waals surface area contributed by atoms with Crippen LogP contribution < -0.4 is 5.32 Å². The number of carboxylic acids is 1. The van der Waals surface area contributed by atoms with Crippen LogP contribution in [-0.2, 0) is 4.79 Å². The van der Waals surface area contributed by atoms with E-state index < -0.39 is 11.9 Å².